The van der Waals surface area contributed by atoms with Crippen LogP contribution in [0.15, 0.2) is 21.5 Å². The summed E-state index contributed by atoms with van der Waals surface area (Å²) in [6, 6.07) is 2.42. The molecule has 0 spiro atoms. The number of halogens is 2. The summed E-state index contributed by atoms with van der Waals surface area (Å²) < 4.78 is 26.5. The van der Waals surface area contributed by atoms with Crippen molar-refractivity contribution in [3.63, 3.8) is 0 Å². The van der Waals surface area contributed by atoms with Crippen LogP contribution < -0.4 is 5.32 Å². The van der Waals surface area contributed by atoms with Crippen molar-refractivity contribution in [2.24, 2.45) is 0 Å². The van der Waals surface area contributed by atoms with Gasteiger partial charge >= 0.3 is 5.97 Å². The van der Waals surface area contributed by atoms with Crippen LogP contribution >= 0.6 is 27.5 Å². The second-order valence-corrected chi connectivity index (χ2v) is 7.40. The van der Waals surface area contributed by atoms with Gasteiger partial charge in [-0.25, -0.2) is 13.2 Å². The Morgan fingerprint density at radius 2 is 1.95 bits per heavy atom. The van der Waals surface area contributed by atoms with E-state index in [2.05, 4.69) is 21.2 Å². The van der Waals surface area contributed by atoms with Crippen molar-refractivity contribution in [2.45, 2.75) is 4.90 Å². The molecule has 0 aliphatic carbocycles. The van der Waals surface area contributed by atoms with Gasteiger partial charge in [0.05, 0.1) is 15.5 Å². The summed E-state index contributed by atoms with van der Waals surface area (Å²) in [6.45, 7) is 1.84. The van der Waals surface area contributed by atoms with Gasteiger partial charge < -0.3 is 10.4 Å². The minimum Gasteiger partial charge on any atom is -0.478 e. The van der Waals surface area contributed by atoms with Gasteiger partial charge in [0, 0.05) is 30.7 Å². The smallest absolute Gasteiger partial charge is 0.337 e. The molecule has 1 aliphatic heterocycles. The highest BCUT2D eigenvalue weighted by Crippen LogP contribution is 2.31. The third-order valence-electron chi connectivity index (χ3n) is 2.95. The molecule has 1 aromatic carbocycles. The Balaban J connectivity index is 2.49. The third-order valence-corrected chi connectivity index (χ3v) is 6.08. The fourth-order valence-corrected chi connectivity index (χ4v) is 4.20. The van der Waals surface area contributed by atoms with Crippen LogP contribution in [0.5, 0.6) is 0 Å². The zero-order valence-electron chi connectivity index (χ0n) is 10.3. The molecule has 1 heterocycles. The predicted octanol–water partition coefficient (Wildman–Crippen LogP) is 1.39. The maximum atomic E-state index is 12.5. The summed E-state index contributed by atoms with van der Waals surface area (Å²) in [5.41, 5.74) is -0.241. The number of hydrogen-bond acceptors (Lipinski definition) is 4. The van der Waals surface area contributed by atoms with E-state index in [1.807, 2.05) is 0 Å². The van der Waals surface area contributed by atoms with Crippen molar-refractivity contribution < 1.29 is 18.3 Å². The maximum Gasteiger partial charge on any atom is 0.337 e. The van der Waals surface area contributed by atoms with Gasteiger partial charge in [0.2, 0.25) is 10.0 Å². The number of benzene rings is 1. The van der Waals surface area contributed by atoms with Crippen LogP contribution in [0.4, 0.5) is 0 Å². The topological polar surface area (TPSA) is 86.7 Å². The molecule has 0 atom stereocenters. The van der Waals surface area contributed by atoms with Crippen LogP contribution in [0, 0.1) is 0 Å². The molecule has 9 heteroatoms. The van der Waals surface area contributed by atoms with Gasteiger partial charge in [0.25, 0.3) is 0 Å². The molecule has 20 heavy (non-hydrogen) atoms. The van der Waals surface area contributed by atoms with E-state index >= 15 is 0 Å². The molecule has 0 aromatic heterocycles. The van der Waals surface area contributed by atoms with Crippen LogP contribution in [0.25, 0.3) is 0 Å². The van der Waals surface area contributed by atoms with Crippen LogP contribution in [-0.2, 0) is 10.0 Å². The molecule has 2 rings (SSSR count). The monoisotopic (exact) mass is 382 g/mol. The lowest BCUT2D eigenvalue weighted by atomic mass is 10.2. The van der Waals surface area contributed by atoms with Gasteiger partial charge in [-0.15, -0.1) is 0 Å². The molecule has 1 fully saturated rings. The molecule has 0 unspecified atom stereocenters. The van der Waals surface area contributed by atoms with E-state index in [9.17, 15) is 13.2 Å². The van der Waals surface area contributed by atoms with Gasteiger partial charge in [0.15, 0.2) is 0 Å². The highest BCUT2D eigenvalue weighted by atomic mass is 79.9. The molecule has 110 valence electrons. The Morgan fingerprint density at radius 3 is 2.50 bits per heavy atom. The number of carbonyl (C=O) groups is 1. The first-order valence-electron chi connectivity index (χ1n) is 5.77. The molecule has 6 nitrogen and oxygen atoms in total. The molecule has 1 aliphatic rings. The van der Waals surface area contributed by atoms with E-state index in [1.165, 1.54) is 10.4 Å². The summed E-state index contributed by atoms with van der Waals surface area (Å²) in [5, 5.41) is 12.1. The molecule has 0 bridgehead atoms. The predicted molar refractivity (Wildman–Crippen MR) is 77.7 cm³/mol. The average molecular weight is 384 g/mol. The summed E-state index contributed by atoms with van der Waals surface area (Å²) in [6.07, 6.45) is 0. The summed E-state index contributed by atoms with van der Waals surface area (Å²) in [7, 11) is -3.72. The van der Waals surface area contributed by atoms with Crippen LogP contribution in [0.3, 0.4) is 0 Å². The van der Waals surface area contributed by atoms with Gasteiger partial charge in [0.1, 0.15) is 0 Å². The number of hydrogen-bond donors (Lipinski definition) is 2. The zero-order chi connectivity index (χ0) is 14.9. The van der Waals surface area contributed by atoms with E-state index < -0.39 is 16.0 Å². The average Bonchev–Trinajstić information content (AvgIpc) is 2.42. The minimum atomic E-state index is -3.72. The number of sulfonamides is 1. The lowest BCUT2D eigenvalue weighted by Gasteiger charge is -2.26. The second kappa shape index (κ2) is 5.98. The normalized spacial score (nSPS) is 17.1. The van der Waals surface area contributed by atoms with Gasteiger partial charge in [-0.3, -0.25) is 0 Å². The third kappa shape index (κ3) is 2.99. The van der Waals surface area contributed by atoms with Crippen LogP contribution in [0.2, 0.25) is 5.02 Å². The lowest BCUT2D eigenvalue weighted by Crippen LogP contribution is -2.46. The van der Waals surface area contributed by atoms with Crippen molar-refractivity contribution in [3.8, 4) is 0 Å². The molecule has 0 radical (unpaired) electrons. The molecular formula is C11H12BrClN2O4S. The molecule has 2 N–H and O–H groups in total. The van der Waals surface area contributed by atoms with Crippen LogP contribution in [0.1, 0.15) is 10.4 Å². The van der Waals surface area contributed by atoms with Crippen molar-refractivity contribution in [1.82, 2.24) is 9.62 Å². The highest BCUT2D eigenvalue weighted by molar-refractivity contribution is 9.10. The zero-order valence-corrected chi connectivity index (χ0v) is 13.4. The van der Waals surface area contributed by atoms with Crippen molar-refractivity contribution in [1.29, 1.82) is 0 Å². The standard InChI is InChI=1S/C11H12BrClN2O4S/c12-9-6-7(5-8(10(9)13)11(16)17)20(18,19)15-3-1-14-2-4-15/h5-6,14H,1-4H2,(H,16,17). The highest BCUT2D eigenvalue weighted by Gasteiger charge is 2.28. The van der Waals surface area contributed by atoms with E-state index in [-0.39, 0.29) is 20.0 Å². The number of carboxylic acids is 1. The van der Waals surface area contributed by atoms with Gasteiger partial charge in [-0.05, 0) is 28.1 Å². The summed E-state index contributed by atoms with van der Waals surface area (Å²) in [4.78, 5) is 11.0. The first-order chi connectivity index (χ1) is 9.34. The minimum absolute atomic E-state index is 0.0169. The largest absolute Gasteiger partial charge is 0.478 e. The number of aromatic carboxylic acids is 1. The number of piperazine rings is 1. The van der Waals surface area contributed by atoms with Crippen molar-refractivity contribution >= 4 is 43.5 Å². The van der Waals surface area contributed by atoms with E-state index in [0.29, 0.717) is 26.2 Å². The molecule has 1 aromatic rings. The first-order valence-corrected chi connectivity index (χ1v) is 8.38. The summed E-state index contributed by atoms with van der Waals surface area (Å²) in [5.74, 6) is -1.27. The Morgan fingerprint density at radius 1 is 1.35 bits per heavy atom. The Bertz CT molecular complexity index is 644. The van der Waals surface area contributed by atoms with Gasteiger partial charge in [-0.1, -0.05) is 11.6 Å². The Hall–Kier alpha value is -0.670. The molecule has 1 saturated heterocycles. The van der Waals surface area contributed by atoms with E-state index in [4.69, 9.17) is 16.7 Å². The van der Waals surface area contributed by atoms with E-state index in [1.54, 1.807) is 0 Å². The number of nitrogens with one attached hydrogen (secondary N) is 1. The fraction of sp³-hybridized carbons (Fsp3) is 0.364. The van der Waals surface area contributed by atoms with E-state index in [0.717, 1.165) is 6.07 Å². The SMILES string of the molecule is O=C(O)c1cc(S(=O)(=O)N2CCNCC2)cc(Br)c1Cl. The van der Waals surface area contributed by atoms with Crippen LogP contribution in [-0.4, -0.2) is 50.0 Å². The Labute approximate surface area is 129 Å². The number of rotatable bonds is 3. The number of nitrogens with zero attached hydrogens (tertiary/aromatic N) is 1. The number of carboxylic acid groups (broad SMARTS) is 1. The molecule has 0 saturated carbocycles. The maximum absolute atomic E-state index is 12.5. The molecular weight excluding hydrogens is 372 g/mol. The summed E-state index contributed by atoms with van der Waals surface area (Å²) >= 11 is 8.94. The Kier molecular flexibility index (Phi) is 4.70. The first kappa shape index (κ1) is 15.7. The quantitative estimate of drug-likeness (QED) is 0.824. The second-order valence-electron chi connectivity index (χ2n) is 4.23. The van der Waals surface area contributed by atoms with Crippen molar-refractivity contribution in [2.75, 3.05) is 26.2 Å². The lowest BCUT2D eigenvalue weighted by molar-refractivity contribution is 0.0696. The van der Waals surface area contributed by atoms with Crippen molar-refractivity contribution in [3.05, 3.63) is 27.2 Å². The molecule has 0 amide bonds. The fourth-order valence-electron chi connectivity index (χ4n) is 1.90. The van der Waals surface area contributed by atoms with Gasteiger partial charge in [-0.2, -0.15) is 4.31 Å².